The summed E-state index contributed by atoms with van der Waals surface area (Å²) in [7, 11) is 0. The largest absolute Gasteiger partial charge is 0.322 e. The van der Waals surface area contributed by atoms with Crippen molar-refractivity contribution in [3.63, 3.8) is 0 Å². The summed E-state index contributed by atoms with van der Waals surface area (Å²) in [4.78, 5) is 13.6. The monoisotopic (exact) mass is 870 g/mol. The van der Waals surface area contributed by atoms with Gasteiger partial charge in [0.25, 0.3) is 0 Å². The van der Waals surface area contributed by atoms with Gasteiger partial charge in [0.1, 0.15) is 11.6 Å². The highest BCUT2D eigenvalue weighted by molar-refractivity contribution is 5.91. The number of pyridine rings is 2. The van der Waals surface area contributed by atoms with E-state index in [1.165, 1.54) is 77.9 Å². The Morgan fingerprint density at radius 1 is 0.368 bits per heavy atom. The van der Waals surface area contributed by atoms with E-state index in [9.17, 15) is 0 Å². The van der Waals surface area contributed by atoms with Crippen molar-refractivity contribution in [1.29, 1.82) is 0 Å². The van der Waals surface area contributed by atoms with Crippen LogP contribution < -0.4 is 4.90 Å². The summed E-state index contributed by atoms with van der Waals surface area (Å²) in [5, 5.41) is 1.28. The van der Waals surface area contributed by atoms with E-state index in [1.807, 2.05) is 0 Å². The topological polar surface area (TPSA) is 34.0 Å². The average Bonchev–Trinajstić information content (AvgIpc) is 3.95. The van der Waals surface area contributed by atoms with Crippen LogP contribution in [0.15, 0.2) is 243 Å². The number of anilines is 2. The molecule has 2 atom stereocenters. The summed E-state index contributed by atoms with van der Waals surface area (Å²) in [5.74, 6) is 2.06. The molecule has 4 heteroatoms. The molecule has 322 valence electrons. The summed E-state index contributed by atoms with van der Waals surface area (Å²) < 4.78 is 2.46. The molecule has 0 bridgehead atoms. The predicted octanol–water partition coefficient (Wildman–Crippen LogP) is 16.0. The molecular formula is C64H46N4. The Balaban J connectivity index is 0.912. The molecule has 13 rings (SSSR count). The number of para-hydroxylation sites is 2. The third kappa shape index (κ3) is 6.92. The second-order valence-corrected chi connectivity index (χ2v) is 18.0. The first-order valence-corrected chi connectivity index (χ1v) is 23.7. The van der Waals surface area contributed by atoms with Crippen molar-refractivity contribution in [3.8, 4) is 72.8 Å². The molecule has 0 amide bonds. The number of rotatable bonds is 8. The minimum atomic E-state index is 0.150. The standard InChI is InChI=1S/C64H46N4/c1-5-19-43(20-6-1)47-37-48(44-21-7-2-8-22-44)40-51(39-47)55-29-17-33-61(65-55)67-57-31-15-13-27-53(57)63-59(67)35-36-60-64(63)54-28-14-16-32-58(54)68(60)62-34-18-30-56(66-62)52-41-49(45-23-9-3-10-24-45)38-50(42-52)46-25-11-4-12-26-46/h1-34,37-42,59,63H,35-36H2. The van der Waals surface area contributed by atoms with Crippen LogP contribution in [0.5, 0.6) is 0 Å². The summed E-state index contributed by atoms with van der Waals surface area (Å²) >= 11 is 0. The van der Waals surface area contributed by atoms with Crippen molar-refractivity contribution in [2.75, 3.05) is 4.90 Å². The fourth-order valence-electron chi connectivity index (χ4n) is 11.1. The van der Waals surface area contributed by atoms with Crippen LogP contribution in [-0.2, 0) is 6.42 Å². The van der Waals surface area contributed by atoms with Crippen LogP contribution in [0.1, 0.15) is 29.2 Å². The lowest BCUT2D eigenvalue weighted by atomic mass is 9.79. The maximum absolute atomic E-state index is 5.56. The molecule has 0 saturated carbocycles. The second kappa shape index (κ2) is 16.7. The lowest BCUT2D eigenvalue weighted by Crippen LogP contribution is -2.35. The van der Waals surface area contributed by atoms with Crippen LogP contribution >= 0.6 is 0 Å². The van der Waals surface area contributed by atoms with Gasteiger partial charge in [-0.25, -0.2) is 9.97 Å². The summed E-state index contributed by atoms with van der Waals surface area (Å²) in [6.07, 6.45) is 1.87. The number of hydrogen-bond donors (Lipinski definition) is 0. The van der Waals surface area contributed by atoms with Gasteiger partial charge < -0.3 is 4.90 Å². The maximum Gasteiger partial charge on any atom is 0.138 e. The van der Waals surface area contributed by atoms with Crippen molar-refractivity contribution in [2.24, 2.45) is 0 Å². The Bertz CT molecular complexity index is 3520. The fraction of sp³-hybridized carbons (Fsp3) is 0.0625. The van der Waals surface area contributed by atoms with Gasteiger partial charge in [0.2, 0.25) is 0 Å². The third-order valence-corrected chi connectivity index (χ3v) is 14.1. The first-order chi connectivity index (χ1) is 33.7. The minimum Gasteiger partial charge on any atom is -0.322 e. The molecule has 8 aromatic carbocycles. The molecule has 2 unspecified atom stereocenters. The van der Waals surface area contributed by atoms with Crippen LogP contribution in [0, 0.1) is 0 Å². The van der Waals surface area contributed by atoms with Crippen LogP contribution in [0.25, 0.3) is 83.7 Å². The van der Waals surface area contributed by atoms with Crippen molar-refractivity contribution < 1.29 is 0 Å². The molecule has 0 radical (unpaired) electrons. The van der Waals surface area contributed by atoms with Gasteiger partial charge >= 0.3 is 0 Å². The Morgan fingerprint density at radius 3 is 1.35 bits per heavy atom. The van der Waals surface area contributed by atoms with Gasteiger partial charge in [-0.1, -0.05) is 170 Å². The highest BCUT2D eigenvalue weighted by Crippen LogP contribution is 2.54. The molecule has 1 aliphatic carbocycles. The van der Waals surface area contributed by atoms with Crippen LogP contribution in [0.4, 0.5) is 11.5 Å². The third-order valence-electron chi connectivity index (χ3n) is 14.1. The van der Waals surface area contributed by atoms with Crippen molar-refractivity contribution in [1.82, 2.24) is 14.5 Å². The predicted molar refractivity (Wildman–Crippen MR) is 280 cm³/mol. The molecule has 11 aromatic rings. The van der Waals surface area contributed by atoms with Gasteiger partial charge in [0, 0.05) is 39.9 Å². The summed E-state index contributed by atoms with van der Waals surface area (Å²) in [6, 6.07) is 87.6. The highest BCUT2D eigenvalue weighted by Gasteiger charge is 2.45. The molecule has 0 spiro atoms. The van der Waals surface area contributed by atoms with Crippen molar-refractivity contribution in [2.45, 2.75) is 24.8 Å². The minimum absolute atomic E-state index is 0.150. The van der Waals surface area contributed by atoms with Crippen LogP contribution in [-0.4, -0.2) is 20.6 Å². The lowest BCUT2D eigenvalue weighted by Gasteiger charge is -2.34. The van der Waals surface area contributed by atoms with Crippen LogP contribution in [0.2, 0.25) is 0 Å². The van der Waals surface area contributed by atoms with Gasteiger partial charge in [-0.3, -0.25) is 4.57 Å². The molecule has 1 aliphatic heterocycles. The van der Waals surface area contributed by atoms with E-state index in [0.29, 0.717) is 0 Å². The zero-order chi connectivity index (χ0) is 45.0. The highest BCUT2D eigenvalue weighted by atomic mass is 15.2. The molecule has 0 fully saturated rings. The van der Waals surface area contributed by atoms with Crippen molar-refractivity contribution in [3.05, 3.63) is 259 Å². The van der Waals surface area contributed by atoms with Gasteiger partial charge in [0.05, 0.1) is 16.9 Å². The van der Waals surface area contributed by atoms with Crippen molar-refractivity contribution >= 4 is 22.4 Å². The molecule has 3 aromatic heterocycles. The van der Waals surface area contributed by atoms with Gasteiger partial charge in [-0.2, -0.15) is 0 Å². The number of nitrogens with zero attached hydrogens (tertiary/aromatic N) is 4. The second-order valence-electron chi connectivity index (χ2n) is 18.0. The average molecular weight is 871 g/mol. The number of benzene rings is 8. The quantitative estimate of drug-likeness (QED) is 0.153. The van der Waals surface area contributed by atoms with Gasteiger partial charge in [0.15, 0.2) is 0 Å². The first-order valence-electron chi connectivity index (χ1n) is 23.7. The normalized spacial score (nSPS) is 14.9. The van der Waals surface area contributed by atoms with Gasteiger partial charge in [-0.15, -0.1) is 0 Å². The first kappa shape index (κ1) is 39.7. The number of aromatic nitrogens is 3. The van der Waals surface area contributed by atoms with E-state index in [1.54, 1.807) is 0 Å². The zero-order valence-corrected chi connectivity index (χ0v) is 37.5. The number of fused-ring (bicyclic) bond motifs is 7. The summed E-state index contributed by atoms with van der Waals surface area (Å²) in [5.41, 5.74) is 20.0. The molecule has 68 heavy (non-hydrogen) atoms. The van der Waals surface area contributed by atoms with E-state index >= 15 is 0 Å². The zero-order valence-electron chi connectivity index (χ0n) is 37.5. The molecular weight excluding hydrogens is 825 g/mol. The van der Waals surface area contributed by atoms with E-state index in [4.69, 9.17) is 9.97 Å². The Labute approximate surface area is 397 Å². The lowest BCUT2D eigenvalue weighted by molar-refractivity contribution is 0.529. The van der Waals surface area contributed by atoms with E-state index in [2.05, 4.69) is 252 Å². The molecule has 2 aliphatic rings. The van der Waals surface area contributed by atoms with E-state index in [0.717, 1.165) is 47.0 Å². The molecule has 4 nitrogen and oxygen atoms in total. The van der Waals surface area contributed by atoms with Crippen LogP contribution in [0.3, 0.4) is 0 Å². The maximum atomic E-state index is 5.56. The molecule has 0 N–H and O–H groups in total. The Morgan fingerprint density at radius 2 is 0.809 bits per heavy atom. The Hall–Kier alpha value is -8.60. The van der Waals surface area contributed by atoms with Gasteiger partial charge in [-0.05, 0) is 141 Å². The fourth-order valence-corrected chi connectivity index (χ4v) is 11.1. The summed E-state index contributed by atoms with van der Waals surface area (Å²) in [6.45, 7) is 0. The molecule has 4 heterocycles. The SMILES string of the molecule is c1ccc(-c2cc(-c3ccccc3)cc(-c3cccc(N4c5ccccc5C5c6c(n(-c7cccc(-c8cc(-c9ccccc9)cc(-c9ccccc9)c8)n7)c7ccccc67)CCC54)n3)c2)cc1. The molecule has 0 saturated heterocycles. The number of hydrogen-bond acceptors (Lipinski definition) is 3. The smallest absolute Gasteiger partial charge is 0.138 e. The van der Waals surface area contributed by atoms with E-state index in [-0.39, 0.29) is 12.0 Å². The Kier molecular flexibility index (Phi) is 9.75. The van der Waals surface area contributed by atoms with E-state index < -0.39 is 0 Å².